The number of aliphatic hydroxyl groups excluding tert-OH is 4. The Balaban J connectivity index is 0.000000214. The Kier molecular flexibility index (Phi) is 18.9. The lowest BCUT2D eigenvalue weighted by atomic mass is 9.69. The number of aryl methyl sites for hydroxylation is 2. The van der Waals surface area contributed by atoms with E-state index in [1.165, 1.54) is 0 Å². The predicted octanol–water partition coefficient (Wildman–Crippen LogP) is 9.81. The highest BCUT2D eigenvalue weighted by atomic mass is 19.2. The van der Waals surface area contributed by atoms with Crippen LogP contribution in [0.5, 0.6) is 17.2 Å². The third-order valence-corrected chi connectivity index (χ3v) is 15.0. The summed E-state index contributed by atoms with van der Waals surface area (Å²) in [6.07, 6.45) is 7.05. The summed E-state index contributed by atoms with van der Waals surface area (Å²) in [5, 5.41) is 51.8. The normalized spacial score (nSPS) is 16.8. The van der Waals surface area contributed by atoms with Gasteiger partial charge in [0.25, 0.3) is 0 Å². The van der Waals surface area contributed by atoms with Gasteiger partial charge in [-0.15, -0.1) is 0 Å². The number of nitrogens with one attached hydrogen (secondary N) is 2. The summed E-state index contributed by atoms with van der Waals surface area (Å²) in [5.74, 6) is -3.04. The zero-order valence-electron chi connectivity index (χ0n) is 42.0. The lowest BCUT2D eigenvalue weighted by Gasteiger charge is -2.42. The molecule has 0 aliphatic carbocycles. The molecule has 0 bridgehead atoms. The fourth-order valence-corrected chi connectivity index (χ4v) is 10.5. The number of anilines is 1. The van der Waals surface area contributed by atoms with Crippen LogP contribution in [0.3, 0.4) is 0 Å². The molecule has 0 radical (unpaired) electrons. The number of aliphatic hydroxyl groups is 4. The van der Waals surface area contributed by atoms with Gasteiger partial charge in [0.05, 0.1) is 55.9 Å². The average molecular weight is 1020 g/mol. The Bertz CT molecular complexity index is 2770. The number of rotatable bonds is 20. The first-order valence-electron chi connectivity index (χ1n) is 25.0. The van der Waals surface area contributed by atoms with Crippen LogP contribution in [0.2, 0.25) is 0 Å². The van der Waals surface area contributed by atoms with Gasteiger partial charge in [0.2, 0.25) is 0 Å². The van der Waals surface area contributed by atoms with E-state index in [4.69, 9.17) is 14.2 Å². The minimum atomic E-state index is -1.22. The van der Waals surface area contributed by atoms with E-state index in [9.17, 15) is 42.4 Å². The highest BCUT2D eigenvalue weighted by Gasteiger charge is 2.39. The number of methoxy groups -OCH3 is 2. The van der Waals surface area contributed by atoms with E-state index in [0.29, 0.717) is 62.8 Å². The second kappa shape index (κ2) is 25.0. The van der Waals surface area contributed by atoms with Gasteiger partial charge in [0.15, 0.2) is 11.6 Å². The number of likely N-dealkylation sites (tertiary alicyclic amines) is 1. The third-order valence-electron chi connectivity index (χ3n) is 15.0. The van der Waals surface area contributed by atoms with Crippen LogP contribution in [-0.2, 0) is 0 Å². The molecule has 6 aromatic rings. The molecule has 0 amide bonds. The van der Waals surface area contributed by atoms with Gasteiger partial charge in [-0.2, -0.15) is 0 Å². The van der Waals surface area contributed by atoms with E-state index >= 15 is 0 Å². The topological polar surface area (TPSA) is 162 Å². The molecule has 2 aliphatic rings. The minimum Gasteiger partial charge on any atom is -0.497 e. The van der Waals surface area contributed by atoms with Crippen molar-refractivity contribution < 1.29 is 56.6 Å². The van der Waals surface area contributed by atoms with Crippen molar-refractivity contribution in [1.29, 1.82) is 0 Å². The molecular weight excluding hydrogens is 950 g/mol. The first-order chi connectivity index (χ1) is 35.1. The van der Waals surface area contributed by atoms with Crippen LogP contribution in [-0.4, -0.2) is 108 Å². The average Bonchev–Trinajstić information content (AvgIpc) is 3.38. The van der Waals surface area contributed by atoms with Crippen LogP contribution in [0.15, 0.2) is 79.1 Å². The van der Waals surface area contributed by atoms with Gasteiger partial charge >= 0.3 is 0 Å². The van der Waals surface area contributed by atoms with Crippen molar-refractivity contribution in [2.45, 2.75) is 89.9 Å². The Labute approximate surface area is 423 Å². The summed E-state index contributed by atoms with van der Waals surface area (Å²) in [6, 6.07) is 15.8. The molecule has 17 heteroatoms. The van der Waals surface area contributed by atoms with E-state index in [1.807, 2.05) is 50.2 Å². The van der Waals surface area contributed by atoms with Crippen LogP contribution >= 0.6 is 0 Å². The predicted molar refractivity (Wildman–Crippen MR) is 271 cm³/mol. The number of nitrogens with zero attached hydrogens (tertiary/aromatic N) is 3. The van der Waals surface area contributed by atoms with Gasteiger partial charge in [-0.25, -0.2) is 22.0 Å². The number of halogens is 5. The number of hydrogen-bond acceptors (Lipinski definition) is 12. The first-order valence-corrected chi connectivity index (χ1v) is 25.0. The smallest absolute Gasteiger partial charge is 0.182 e. The maximum absolute atomic E-state index is 13.8. The van der Waals surface area contributed by atoms with Crippen LogP contribution < -0.4 is 24.8 Å². The molecule has 2 saturated heterocycles. The second-order valence-corrected chi connectivity index (χ2v) is 19.6. The summed E-state index contributed by atoms with van der Waals surface area (Å²) in [5.41, 5.74) is 4.18. The molecule has 3 atom stereocenters. The Hall–Kier alpha value is -5.69. The maximum atomic E-state index is 13.8. The Morgan fingerprint density at radius 3 is 1.78 bits per heavy atom. The second-order valence-electron chi connectivity index (χ2n) is 19.6. The molecule has 4 aromatic carbocycles. The Morgan fingerprint density at radius 2 is 1.23 bits per heavy atom. The van der Waals surface area contributed by atoms with E-state index in [2.05, 4.69) is 25.5 Å². The van der Waals surface area contributed by atoms with Crippen molar-refractivity contribution in [3.8, 4) is 17.2 Å². The van der Waals surface area contributed by atoms with Gasteiger partial charge < -0.3 is 50.2 Å². The summed E-state index contributed by atoms with van der Waals surface area (Å²) >= 11 is 0. The van der Waals surface area contributed by atoms with Gasteiger partial charge in [-0.3, -0.25) is 9.97 Å². The molecule has 6 N–H and O–H groups in total. The van der Waals surface area contributed by atoms with E-state index in [0.717, 1.165) is 120 Å². The number of aromatic nitrogens is 2. The summed E-state index contributed by atoms with van der Waals surface area (Å²) in [7, 11) is 3.21. The quantitative estimate of drug-likeness (QED) is 0.0318. The van der Waals surface area contributed by atoms with Gasteiger partial charge in [-0.1, -0.05) is 0 Å². The molecule has 12 nitrogen and oxygen atoms in total. The molecule has 73 heavy (non-hydrogen) atoms. The fourth-order valence-electron chi connectivity index (χ4n) is 10.5. The highest BCUT2D eigenvalue weighted by Crippen LogP contribution is 2.43. The van der Waals surface area contributed by atoms with Crippen molar-refractivity contribution in [3.05, 3.63) is 130 Å². The number of hydrogen-bond donors (Lipinski definition) is 6. The van der Waals surface area contributed by atoms with Crippen LogP contribution in [0, 0.1) is 53.8 Å². The molecule has 0 saturated carbocycles. The van der Waals surface area contributed by atoms with Gasteiger partial charge in [0, 0.05) is 79.6 Å². The molecule has 0 unspecified atom stereocenters. The molecule has 394 valence electrons. The molecule has 2 aliphatic heterocycles. The number of piperidine rings is 2. The molecule has 2 aromatic heterocycles. The maximum Gasteiger partial charge on any atom is 0.182 e. The monoisotopic (exact) mass is 1020 g/mol. The minimum absolute atomic E-state index is 0.0312. The molecule has 2 fully saturated rings. The fraction of sp³-hybridized carbons (Fsp3) is 0.464. The van der Waals surface area contributed by atoms with E-state index in [1.54, 1.807) is 26.6 Å². The zero-order chi connectivity index (χ0) is 52.3. The van der Waals surface area contributed by atoms with Crippen molar-refractivity contribution >= 4 is 27.5 Å². The van der Waals surface area contributed by atoms with Crippen LogP contribution in [0.1, 0.15) is 92.2 Å². The molecule has 0 spiro atoms. The lowest BCUT2D eigenvalue weighted by Crippen LogP contribution is -2.45. The molecular formula is C56H68F5N5O7. The molecule has 4 heterocycles. The van der Waals surface area contributed by atoms with Crippen molar-refractivity contribution in [2.75, 3.05) is 72.0 Å². The number of fused-ring (bicyclic) bond motifs is 2. The van der Waals surface area contributed by atoms with Crippen molar-refractivity contribution in [3.63, 3.8) is 0 Å². The Morgan fingerprint density at radius 1 is 0.685 bits per heavy atom. The largest absolute Gasteiger partial charge is 0.497 e. The van der Waals surface area contributed by atoms with E-state index < -0.39 is 52.8 Å². The highest BCUT2D eigenvalue weighted by molar-refractivity contribution is 5.85. The number of ether oxygens (including phenoxy) is 3. The van der Waals surface area contributed by atoms with Crippen molar-refractivity contribution in [1.82, 2.24) is 20.2 Å². The molecule has 8 rings (SSSR count). The van der Waals surface area contributed by atoms with Gasteiger partial charge in [0.1, 0.15) is 34.7 Å². The van der Waals surface area contributed by atoms with Crippen LogP contribution in [0.4, 0.5) is 27.6 Å². The lowest BCUT2D eigenvalue weighted by molar-refractivity contribution is -0.0260. The SMILES string of the molecule is COc1ccc2ncc(C)c([C@H](O)CCC3(CO)CCN(CCNc4cc(F)cc(F)c4F)CC3)c2c1.COc1ccc2ncc(C)c([C@H](O)CCC3([C@@H](O)CCOc4cc(F)cc(F)c4)CCNCC3)c2c1. The number of pyridine rings is 2. The first kappa shape index (κ1) is 55.1. The van der Waals surface area contributed by atoms with Gasteiger partial charge in [-0.05, 0) is 161 Å². The van der Waals surface area contributed by atoms with Crippen LogP contribution in [0.25, 0.3) is 21.8 Å². The summed E-state index contributed by atoms with van der Waals surface area (Å²) < 4.78 is 83.8. The third kappa shape index (κ3) is 13.7. The standard InChI is InChI=1S/C28H34F3N3O3.C28H34F2N2O4/c1-18-16-33-23-4-3-20(37-2)15-21(23)26(18)25(36)5-6-28(17-35)7-10-34(11-8-28)12-9-32-24-14-19(29)13-22(30)27(24)31;1-18-17-32-24-4-3-21(35-2)16-23(24)27(18)25(33)5-7-28(8-10-31-11-9-28)26(34)6-12-36-22-14-19(29)13-20(30)15-22/h3-4,13-16,25,32,35-36H,5-12,17H2,1-2H3;3-4,13-17,25-26,31,33-34H,5-12H2,1-2H3/t25-;25-,26+/m11/s1. The summed E-state index contributed by atoms with van der Waals surface area (Å²) in [4.78, 5) is 11.1. The van der Waals surface area contributed by atoms with E-state index in [-0.39, 0.29) is 30.1 Å². The van der Waals surface area contributed by atoms with Crippen molar-refractivity contribution in [2.24, 2.45) is 10.8 Å². The zero-order valence-corrected chi connectivity index (χ0v) is 42.0. The number of benzene rings is 4. The summed E-state index contributed by atoms with van der Waals surface area (Å²) in [6.45, 7) is 7.96.